The van der Waals surface area contributed by atoms with Crippen molar-refractivity contribution in [3.05, 3.63) is 35.6 Å². The maximum Gasteiger partial charge on any atom is 0.191 e. The van der Waals surface area contributed by atoms with Crippen molar-refractivity contribution in [3.63, 3.8) is 0 Å². The van der Waals surface area contributed by atoms with Crippen LogP contribution in [0.2, 0.25) is 0 Å². The van der Waals surface area contributed by atoms with E-state index in [9.17, 15) is 4.39 Å². The predicted molar refractivity (Wildman–Crippen MR) is 82.4 cm³/mol. The fourth-order valence-corrected chi connectivity index (χ4v) is 1.47. The minimum atomic E-state index is -0.219. The summed E-state index contributed by atoms with van der Waals surface area (Å²) in [5, 5.41) is 6.51. The summed E-state index contributed by atoms with van der Waals surface area (Å²) in [6.45, 7) is 5.71. The highest BCUT2D eigenvalue weighted by molar-refractivity contribution is 5.79. The molecule has 5 heteroatoms. The van der Waals surface area contributed by atoms with Gasteiger partial charge in [-0.05, 0) is 45.6 Å². The second-order valence-corrected chi connectivity index (χ2v) is 5.61. The van der Waals surface area contributed by atoms with Crippen molar-refractivity contribution in [1.29, 1.82) is 0 Å². The summed E-state index contributed by atoms with van der Waals surface area (Å²) in [5.41, 5.74) is 1.05. The molecule has 2 N–H and O–H groups in total. The first-order chi connectivity index (χ1) is 9.35. The van der Waals surface area contributed by atoms with Gasteiger partial charge in [0.2, 0.25) is 0 Å². The number of nitrogens with one attached hydrogen (secondary N) is 2. The van der Waals surface area contributed by atoms with Crippen molar-refractivity contribution < 1.29 is 4.39 Å². The Labute approximate surface area is 121 Å². The maximum absolute atomic E-state index is 12.8. The van der Waals surface area contributed by atoms with Crippen LogP contribution in [0.4, 0.5) is 4.39 Å². The molecule has 0 aliphatic rings. The van der Waals surface area contributed by atoms with Crippen LogP contribution >= 0.6 is 0 Å². The average Bonchev–Trinajstić information content (AvgIpc) is 2.40. The van der Waals surface area contributed by atoms with E-state index in [-0.39, 0.29) is 11.4 Å². The molecule has 0 saturated heterocycles. The summed E-state index contributed by atoms with van der Waals surface area (Å²) < 4.78 is 12.8. The van der Waals surface area contributed by atoms with Gasteiger partial charge in [0.05, 0.1) is 0 Å². The van der Waals surface area contributed by atoms with Crippen LogP contribution in [0.3, 0.4) is 0 Å². The van der Waals surface area contributed by atoms with Crippen molar-refractivity contribution >= 4 is 5.96 Å². The van der Waals surface area contributed by atoms with Gasteiger partial charge in [-0.25, -0.2) is 4.39 Å². The molecular formula is C15H25FN4. The standard InChI is InChI=1S/C15H25FN4/c1-15(2,20(4)5)11-19-14(17-3)18-10-12-6-8-13(16)9-7-12/h6-9H,10-11H2,1-5H3,(H2,17,18,19). The highest BCUT2D eigenvalue weighted by Crippen LogP contribution is 2.07. The molecule has 20 heavy (non-hydrogen) atoms. The molecule has 0 fully saturated rings. The third kappa shape index (κ3) is 5.17. The van der Waals surface area contributed by atoms with Gasteiger partial charge in [-0.15, -0.1) is 0 Å². The van der Waals surface area contributed by atoms with Crippen molar-refractivity contribution in [2.24, 2.45) is 4.99 Å². The minimum absolute atomic E-state index is 0.0352. The van der Waals surface area contributed by atoms with E-state index >= 15 is 0 Å². The number of benzene rings is 1. The van der Waals surface area contributed by atoms with Gasteiger partial charge in [-0.3, -0.25) is 4.99 Å². The lowest BCUT2D eigenvalue weighted by Crippen LogP contribution is -2.50. The molecule has 0 amide bonds. The molecular weight excluding hydrogens is 255 g/mol. The molecule has 0 radical (unpaired) electrons. The lowest BCUT2D eigenvalue weighted by molar-refractivity contribution is 0.197. The Balaban J connectivity index is 2.46. The first-order valence-electron chi connectivity index (χ1n) is 6.71. The third-order valence-corrected chi connectivity index (χ3v) is 3.50. The van der Waals surface area contributed by atoms with E-state index in [4.69, 9.17) is 0 Å². The quantitative estimate of drug-likeness (QED) is 0.638. The Morgan fingerprint density at radius 3 is 2.30 bits per heavy atom. The lowest BCUT2D eigenvalue weighted by atomic mass is 10.0. The van der Waals surface area contributed by atoms with Gasteiger partial charge in [0, 0.05) is 25.7 Å². The third-order valence-electron chi connectivity index (χ3n) is 3.50. The van der Waals surface area contributed by atoms with Crippen molar-refractivity contribution in [2.45, 2.75) is 25.9 Å². The smallest absolute Gasteiger partial charge is 0.191 e. The fourth-order valence-electron chi connectivity index (χ4n) is 1.47. The summed E-state index contributed by atoms with van der Waals surface area (Å²) in [6.07, 6.45) is 0. The Morgan fingerprint density at radius 2 is 1.80 bits per heavy atom. The van der Waals surface area contributed by atoms with E-state index in [1.165, 1.54) is 12.1 Å². The van der Waals surface area contributed by atoms with Gasteiger partial charge < -0.3 is 15.5 Å². The zero-order valence-electron chi connectivity index (χ0n) is 13.0. The number of hydrogen-bond donors (Lipinski definition) is 2. The van der Waals surface area contributed by atoms with E-state index < -0.39 is 0 Å². The van der Waals surface area contributed by atoms with Gasteiger partial charge in [0.25, 0.3) is 0 Å². The van der Waals surface area contributed by atoms with E-state index in [0.29, 0.717) is 6.54 Å². The minimum Gasteiger partial charge on any atom is -0.355 e. The van der Waals surface area contributed by atoms with Gasteiger partial charge >= 0.3 is 0 Å². The van der Waals surface area contributed by atoms with E-state index in [1.807, 2.05) is 0 Å². The van der Waals surface area contributed by atoms with Crippen LogP contribution in [0, 0.1) is 5.82 Å². The first kappa shape index (κ1) is 16.4. The monoisotopic (exact) mass is 280 g/mol. The van der Waals surface area contributed by atoms with Gasteiger partial charge in [-0.1, -0.05) is 12.1 Å². The molecule has 0 aliphatic carbocycles. The Hall–Kier alpha value is -1.62. The molecule has 0 bridgehead atoms. The zero-order valence-corrected chi connectivity index (χ0v) is 13.0. The zero-order chi connectivity index (χ0) is 15.2. The molecule has 0 aliphatic heterocycles. The highest BCUT2D eigenvalue weighted by Gasteiger charge is 2.20. The van der Waals surface area contributed by atoms with Crippen LogP contribution in [0.5, 0.6) is 0 Å². The van der Waals surface area contributed by atoms with Gasteiger partial charge in [0.15, 0.2) is 5.96 Å². The van der Waals surface area contributed by atoms with Gasteiger partial charge in [0.1, 0.15) is 5.82 Å². The van der Waals surface area contributed by atoms with Crippen LogP contribution in [-0.2, 0) is 6.54 Å². The highest BCUT2D eigenvalue weighted by atomic mass is 19.1. The molecule has 0 heterocycles. The number of guanidine groups is 1. The van der Waals surface area contributed by atoms with Crippen LogP contribution in [0.15, 0.2) is 29.3 Å². The second kappa shape index (κ2) is 7.24. The van der Waals surface area contributed by atoms with E-state index in [1.54, 1.807) is 19.2 Å². The fraction of sp³-hybridized carbons (Fsp3) is 0.533. The second-order valence-electron chi connectivity index (χ2n) is 5.61. The number of halogens is 1. The molecule has 0 atom stereocenters. The number of aliphatic imine (C=N–C) groups is 1. The molecule has 0 unspecified atom stereocenters. The molecule has 0 saturated carbocycles. The molecule has 112 valence electrons. The lowest BCUT2D eigenvalue weighted by Gasteiger charge is -2.33. The van der Waals surface area contributed by atoms with Crippen LogP contribution in [0.25, 0.3) is 0 Å². The maximum atomic E-state index is 12.8. The van der Waals surface area contributed by atoms with Crippen LogP contribution in [-0.4, -0.2) is 44.1 Å². The Morgan fingerprint density at radius 1 is 1.20 bits per heavy atom. The molecule has 0 aromatic heterocycles. The summed E-state index contributed by atoms with van der Waals surface area (Å²) in [7, 11) is 5.84. The van der Waals surface area contributed by atoms with Crippen molar-refractivity contribution in [2.75, 3.05) is 27.7 Å². The van der Waals surface area contributed by atoms with Crippen molar-refractivity contribution in [3.8, 4) is 0 Å². The number of nitrogens with zero attached hydrogens (tertiary/aromatic N) is 2. The van der Waals surface area contributed by atoms with E-state index in [0.717, 1.165) is 18.1 Å². The summed E-state index contributed by atoms with van der Waals surface area (Å²) in [4.78, 5) is 6.34. The van der Waals surface area contributed by atoms with Crippen LogP contribution in [0.1, 0.15) is 19.4 Å². The first-order valence-corrected chi connectivity index (χ1v) is 6.71. The van der Waals surface area contributed by atoms with Crippen molar-refractivity contribution in [1.82, 2.24) is 15.5 Å². The molecule has 1 rings (SSSR count). The molecule has 1 aromatic rings. The summed E-state index contributed by atoms with van der Waals surface area (Å²) in [5.74, 6) is 0.522. The summed E-state index contributed by atoms with van der Waals surface area (Å²) in [6, 6.07) is 6.45. The molecule has 4 nitrogen and oxygen atoms in total. The predicted octanol–water partition coefficient (Wildman–Crippen LogP) is 1.83. The topological polar surface area (TPSA) is 39.7 Å². The average molecular weight is 280 g/mol. The van der Waals surface area contributed by atoms with E-state index in [2.05, 4.69) is 48.5 Å². The number of likely N-dealkylation sites (N-methyl/N-ethyl adjacent to an activating group) is 1. The number of hydrogen-bond acceptors (Lipinski definition) is 2. The number of rotatable bonds is 5. The van der Waals surface area contributed by atoms with Gasteiger partial charge in [-0.2, -0.15) is 0 Å². The largest absolute Gasteiger partial charge is 0.355 e. The SMILES string of the molecule is CN=C(NCc1ccc(F)cc1)NCC(C)(C)N(C)C. The Kier molecular flexibility index (Phi) is 5.95. The van der Waals surface area contributed by atoms with Crippen LogP contribution < -0.4 is 10.6 Å². The molecule has 1 aromatic carbocycles. The summed E-state index contributed by atoms with van der Waals surface area (Å²) >= 11 is 0. The Bertz CT molecular complexity index is 438. The molecule has 0 spiro atoms. The normalized spacial score (nSPS) is 12.7.